The Bertz CT molecular complexity index is 147. The summed E-state index contributed by atoms with van der Waals surface area (Å²) in [5, 5.41) is 9.39. The van der Waals surface area contributed by atoms with Gasteiger partial charge in [0.05, 0.1) is 0 Å². The zero-order valence-electron chi connectivity index (χ0n) is 8.42. The fourth-order valence-corrected chi connectivity index (χ4v) is 0.932. The standard InChI is InChI=1S/C9H19NO2/c1-9(2,3)7-5-6-8(11)10(4)12/h12H,5-7H2,1-4H3. The first-order valence-corrected chi connectivity index (χ1v) is 4.28. The molecule has 12 heavy (non-hydrogen) atoms. The van der Waals surface area contributed by atoms with E-state index in [0.717, 1.165) is 12.8 Å². The molecule has 0 saturated carbocycles. The SMILES string of the molecule is CN(O)C(=O)CCCC(C)(C)C. The molecule has 0 aliphatic rings. The van der Waals surface area contributed by atoms with Gasteiger partial charge in [-0.3, -0.25) is 10.0 Å². The van der Waals surface area contributed by atoms with Gasteiger partial charge in [-0.25, -0.2) is 5.06 Å². The second-order valence-corrected chi connectivity index (χ2v) is 4.33. The summed E-state index contributed by atoms with van der Waals surface area (Å²) in [6.07, 6.45) is 2.28. The van der Waals surface area contributed by atoms with Crippen LogP contribution in [0.25, 0.3) is 0 Å². The Labute approximate surface area is 74.3 Å². The molecule has 0 fully saturated rings. The van der Waals surface area contributed by atoms with Crippen molar-refractivity contribution in [3.63, 3.8) is 0 Å². The molecule has 0 rings (SSSR count). The quantitative estimate of drug-likeness (QED) is 0.524. The van der Waals surface area contributed by atoms with Gasteiger partial charge in [0.15, 0.2) is 0 Å². The van der Waals surface area contributed by atoms with Crippen LogP contribution in [0.4, 0.5) is 0 Å². The molecule has 3 nitrogen and oxygen atoms in total. The molecule has 0 bridgehead atoms. The lowest BCUT2D eigenvalue weighted by molar-refractivity contribution is -0.159. The molecule has 0 aromatic carbocycles. The van der Waals surface area contributed by atoms with Gasteiger partial charge in [-0.2, -0.15) is 0 Å². The summed E-state index contributed by atoms with van der Waals surface area (Å²) in [7, 11) is 1.36. The summed E-state index contributed by atoms with van der Waals surface area (Å²) in [4.78, 5) is 10.9. The number of carbonyl (C=O) groups is 1. The monoisotopic (exact) mass is 173 g/mol. The summed E-state index contributed by atoms with van der Waals surface area (Å²) in [6, 6.07) is 0. The molecule has 0 aliphatic heterocycles. The fraction of sp³-hybridized carbons (Fsp3) is 0.889. The molecule has 0 atom stereocenters. The summed E-state index contributed by atoms with van der Waals surface area (Å²) >= 11 is 0. The van der Waals surface area contributed by atoms with Gasteiger partial charge in [-0.05, 0) is 18.3 Å². The number of carbonyl (C=O) groups excluding carboxylic acids is 1. The van der Waals surface area contributed by atoms with Crippen molar-refractivity contribution in [1.82, 2.24) is 5.06 Å². The Balaban J connectivity index is 3.51. The first kappa shape index (κ1) is 11.4. The van der Waals surface area contributed by atoms with Crippen LogP contribution >= 0.6 is 0 Å². The van der Waals surface area contributed by atoms with Crippen LogP contribution in [0, 0.1) is 5.41 Å². The number of rotatable bonds is 3. The van der Waals surface area contributed by atoms with Crippen molar-refractivity contribution in [1.29, 1.82) is 0 Å². The van der Waals surface area contributed by atoms with Crippen LogP contribution in [0.15, 0.2) is 0 Å². The Morgan fingerprint density at radius 1 is 1.42 bits per heavy atom. The van der Waals surface area contributed by atoms with Crippen LogP contribution in [-0.2, 0) is 4.79 Å². The molecular formula is C9H19NO2. The third kappa shape index (κ3) is 6.16. The summed E-state index contributed by atoms with van der Waals surface area (Å²) in [5.74, 6) is -0.209. The Kier molecular flexibility index (Phi) is 4.24. The van der Waals surface area contributed by atoms with Gasteiger partial charge in [0.25, 0.3) is 0 Å². The van der Waals surface area contributed by atoms with Gasteiger partial charge in [0, 0.05) is 13.5 Å². The molecular weight excluding hydrogens is 154 g/mol. The van der Waals surface area contributed by atoms with Crippen LogP contribution in [0.5, 0.6) is 0 Å². The first-order valence-electron chi connectivity index (χ1n) is 4.28. The summed E-state index contributed by atoms with van der Waals surface area (Å²) < 4.78 is 0. The van der Waals surface area contributed by atoms with Crippen LogP contribution < -0.4 is 0 Å². The predicted octanol–water partition coefficient (Wildman–Crippen LogP) is 2.05. The molecule has 0 saturated heterocycles. The van der Waals surface area contributed by atoms with E-state index in [0.29, 0.717) is 11.5 Å². The third-order valence-corrected chi connectivity index (χ3v) is 1.68. The first-order chi connectivity index (χ1) is 5.33. The van der Waals surface area contributed by atoms with E-state index in [-0.39, 0.29) is 11.3 Å². The molecule has 0 unspecified atom stereocenters. The number of nitrogens with zero attached hydrogens (tertiary/aromatic N) is 1. The molecule has 1 N–H and O–H groups in total. The minimum atomic E-state index is -0.209. The summed E-state index contributed by atoms with van der Waals surface area (Å²) in [6.45, 7) is 6.42. The Morgan fingerprint density at radius 3 is 2.25 bits per heavy atom. The molecule has 72 valence electrons. The van der Waals surface area contributed by atoms with Crippen molar-refractivity contribution in [2.24, 2.45) is 5.41 Å². The number of hydrogen-bond donors (Lipinski definition) is 1. The van der Waals surface area contributed by atoms with Gasteiger partial charge >= 0.3 is 0 Å². The molecule has 0 radical (unpaired) electrons. The van der Waals surface area contributed by atoms with Crippen LogP contribution in [-0.4, -0.2) is 23.2 Å². The van der Waals surface area contributed by atoms with Gasteiger partial charge in [0.2, 0.25) is 5.91 Å². The predicted molar refractivity (Wildman–Crippen MR) is 47.9 cm³/mol. The van der Waals surface area contributed by atoms with E-state index in [1.807, 2.05) is 0 Å². The normalized spacial score (nSPS) is 11.4. The third-order valence-electron chi connectivity index (χ3n) is 1.68. The van der Waals surface area contributed by atoms with Crippen LogP contribution in [0.1, 0.15) is 40.0 Å². The fourth-order valence-electron chi connectivity index (χ4n) is 0.932. The van der Waals surface area contributed by atoms with Crippen molar-refractivity contribution in [2.45, 2.75) is 40.0 Å². The number of hydroxylamine groups is 2. The highest BCUT2D eigenvalue weighted by molar-refractivity contribution is 5.74. The average Bonchev–Trinajstić information content (AvgIpc) is 1.84. The second-order valence-electron chi connectivity index (χ2n) is 4.33. The second kappa shape index (κ2) is 4.45. The van der Waals surface area contributed by atoms with Gasteiger partial charge in [-0.15, -0.1) is 0 Å². The number of amides is 1. The molecule has 0 aliphatic carbocycles. The highest BCUT2D eigenvalue weighted by Gasteiger charge is 2.11. The lowest BCUT2D eigenvalue weighted by atomic mass is 9.90. The van der Waals surface area contributed by atoms with E-state index < -0.39 is 0 Å². The molecule has 3 heteroatoms. The van der Waals surface area contributed by atoms with E-state index in [2.05, 4.69) is 20.8 Å². The zero-order valence-corrected chi connectivity index (χ0v) is 8.42. The average molecular weight is 173 g/mol. The molecule has 0 aromatic rings. The van der Waals surface area contributed by atoms with Crippen molar-refractivity contribution in [3.05, 3.63) is 0 Å². The van der Waals surface area contributed by atoms with Crippen LogP contribution in [0.2, 0.25) is 0 Å². The van der Waals surface area contributed by atoms with Gasteiger partial charge in [-0.1, -0.05) is 20.8 Å². The Hall–Kier alpha value is -0.570. The highest BCUT2D eigenvalue weighted by Crippen LogP contribution is 2.21. The van der Waals surface area contributed by atoms with Gasteiger partial charge < -0.3 is 0 Å². The largest absolute Gasteiger partial charge is 0.286 e. The van der Waals surface area contributed by atoms with E-state index >= 15 is 0 Å². The van der Waals surface area contributed by atoms with Crippen molar-refractivity contribution in [3.8, 4) is 0 Å². The zero-order chi connectivity index (χ0) is 9.78. The molecule has 0 heterocycles. The van der Waals surface area contributed by atoms with Crippen molar-refractivity contribution >= 4 is 5.91 Å². The maximum atomic E-state index is 10.9. The minimum absolute atomic E-state index is 0.209. The Morgan fingerprint density at radius 2 is 1.92 bits per heavy atom. The van der Waals surface area contributed by atoms with Gasteiger partial charge in [0.1, 0.15) is 0 Å². The molecule has 1 amide bonds. The topological polar surface area (TPSA) is 40.5 Å². The van der Waals surface area contributed by atoms with Crippen molar-refractivity contribution < 1.29 is 10.0 Å². The lowest BCUT2D eigenvalue weighted by Crippen LogP contribution is -2.22. The maximum absolute atomic E-state index is 10.9. The van der Waals surface area contributed by atoms with E-state index in [1.165, 1.54) is 7.05 Å². The smallest absolute Gasteiger partial charge is 0.245 e. The van der Waals surface area contributed by atoms with Crippen LogP contribution in [0.3, 0.4) is 0 Å². The lowest BCUT2D eigenvalue weighted by Gasteiger charge is -2.17. The number of hydrogen-bond acceptors (Lipinski definition) is 2. The molecule has 0 spiro atoms. The van der Waals surface area contributed by atoms with E-state index in [9.17, 15) is 4.79 Å². The maximum Gasteiger partial charge on any atom is 0.245 e. The summed E-state index contributed by atoms with van der Waals surface area (Å²) in [5.41, 5.74) is 0.272. The van der Waals surface area contributed by atoms with Crippen molar-refractivity contribution in [2.75, 3.05) is 7.05 Å². The minimum Gasteiger partial charge on any atom is -0.286 e. The van der Waals surface area contributed by atoms with E-state index in [1.54, 1.807) is 0 Å². The highest BCUT2D eigenvalue weighted by atomic mass is 16.5. The van der Waals surface area contributed by atoms with E-state index in [4.69, 9.17) is 5.21 Å². The molecule has 0 aromatic heterocycles.